The lowest BCUT2D eigenvalue weighted by molar-refractivity contribution is -0.384. The molecule has 2 rings (SSSR count). The van der Waals surface area contributed by atoms with Crippen molar-refractivity contribution in [1.82, 2.24) is 4.72 Å². The highest BCUT2D eigenvalue weighted by Gasteiger charge is 2.35. The van der Waals surface area contributed by atoms with Gasteiger partial charge in [0, 0.05) is 37.4 Å². The van der Waals surface area contributed by atoms with Crippen LogP contribution in [0.4, 0.5) is 5.69 Å². The van der Waals surface area contributed by atoms with Crippen LogP contribution in [0.1, 0.15) is 12.8 Å². The average molecular weight is 315 g/mol. The second-order valence-corrected chi connectivity index (χ2v) is 6.64. The summed E-state index contributed by atoms with van der Waals surface area (Å²) in [6.45, 7) is 1.06. The van der Waals surface area contributed by atoms with E-state index in [1.165, 1.54) is 12.1 Å². The van der Waals surface area contributed by atoms with Gasteiger partial charge in [-0.3, -0.25) is 10.1 Å². The van der Waals surface area contributed by atoms with Crippen LogP contribution in [0.25, 0.3) is 0 Å². The third-order valence-electron chi connectivity index (χ3n) is 3.55. The van der Waals surface area contributed by atoms with Gasteiger partial charge in [0.25, 0.3) is 5.69 Å². The van der Waals surface area contributed by atoms with E-state index < -0.39 is 20.5 Å². The number of hydrogen-bond acceptors (Lipinski definition) is 6. The lowest BCUT2D eigenvalue weighted by atomic mass is 9.92. The van der Waals surface area contributed by atoms with Crippen molar-refractivity contribution in [2.75, 3.05) is 19.8 Å². The van der Waals surface area contributed by atoms with Crippen molar-refractivity contribution in [3.8, 4) is 0 Å². The highest BCUT2D eigenvalue weighted by atomic mass is 32.2. The number of nitro benzene ring substituents is 1. The molecule has 116 valence electrons. The number of non-ortho nitro benzene ring substituents is 1. The van der Waals surface area contributed by atoms with E-state index in [4.69, 9.17) is 10.5 Å². The quantitative estimate of drug-likeness (QED) is 0.598. The Balaban J connectivity index is 2.22. The zero-order chi connectivity index (χ0) is 15.5. The van der Waals surface area contributed by atoms with Gasteiger partial charge in [-0.25, -0.2) is 13.1 Å². The predicted molar refractivity (Wildman–Crippen MR) is 75.3 cm³/mol. The second-order valence-electron chi connectivity index (χ2n) is 4.95. The molecule has 1 aliphatic rings. The summed E-state index contributed by atoms with van der Waals surface area (Å²) in [6, 6.07) is 4.75. The lowest BCUT2D eigenvalue weighted by Gasteiger charge is -2.36. The first-order chi connectivity index (χ1) is 9.88. The number of ether oxygens (including phenoxy) is 1. The van der Waals surface area contributed by atoms with Crippen molar-refractivity contribution in [2.24, 2.45) is 5.73 Å². The molecular weight excluding hydrogens is 298 g/mol. The highest BCUT2D eigenvalue weighted by Crippen LogP contribution is 2.23. The summed E-state index contributed by atoms with van der Waals surface area (Å²) in [4.78, 5) is 9.99. The van der Waals surface area contributed by atoms with E-state index in [2.05, 4.69) is 4.72 Å². The Morgan fingerprint density at radius 3 is 2.33 bits per heavy atom. The third-order valence-corrected chi connectivity index (χ3v) is 5.14. The Bertz CT molecular complexity index is 608. The predicted octanol–water partition coefficient (Wildman–Crippen LogP) is 0.381. The minimum Gasteiger partial charge on any atom is -0.381 e. The monoisotopic (exact) mass is 315 g/mol. The number of rotatable bonds is 5. The standard InChI is InChI=1S/C12H17N3O5S/c13-9-12(5-7-20-8-6-12)14-21(18,19)11-3-1-10(2-4-11)15(16)17/h1-4,14H,5-9,13H2. The van der Waals surface area contributed by atoms with Gasteiger partial charge in [0.15, 0.2) is 0 Å². The molecule has 1 heterocycles. The first-order valence-corrected chi connectivity index (χ1v) is 7.93. The second kappa shape index (κ2) is 6.06. The number of hydrogen-bond donors (Lipinski definition) is 2. The van der Waals surface area contributed by atoms with Crippen LogP contribution in [0.2, 0.25) is 0 Å². The van der Waals surface area contributed by atoms with Crippen LogP contribution in [0, 0.1) is 10.1 Å². The van der Waals surface area contributed by atoms with Gasteiger partial charge in [-0.2, -0.15) is 0 Å². The van der Waals surface area contributed by atoms with Crippen molar-refractivity contribution in [3.05, 3.63) is 34.4 Å². The topological polar surface area (TPSA) is 125 Å². The molecule has 1 aromatic carbocycles. The SMILES string of the molecule is NCC1(NS(=O)(=O)c2ccc([N+](=O)[O-])cc2)CCOCC1. The Morgan fingerprint density at radius 2 is 1.86 bits per heavy atom. The summed E-state index contributed by atoms with van der Waals surface area (Å²) in [6.07, 6.45) is 0.991. The van der Waals surface area contributed by atoms with Gasteiger partial charge in [-0.1, -0.05) is 0 Å². The van der Waals surface area contributed by atoms with E-state index in [-0.39, 0.29) is 17.1 Å². The molecular formula is C12H17N3O5S. The van der Waals surface area contributed by atoms with Gasteiger partial charge in [0.05, 0.1) is 9.82 Å². The molecule has 0 spiro atoms. The minimum absolute atomic E-state index is 0.0209. The molecule has 0 aromatic heterocycles. The largest absolute Gasteiger partial charge is 0.381 e. The zero-order valence-electron chi connectivity index (χ0n) is 11.3. The van der Waals surface area contributed by atoms with Crippen LogP contribution in [-0.4, -0.2) is 38.6 Å². The van der Waals surface area contributed by atoms with Crippen molar-refractivity contribution in [1.29, 1.82) is 0 Å². The molecule has 0 saturated carbocycles. The van der Waals surface area contributed by atoms with E-state index in [9.17, 15) is 18.5 Å². The van der Waals surface area contributed by atoms with Crippen LogP contribution in [-0.2, 0) is 14.8 Å². The molecule has 1 fully saturated rings. The molecule has 1 aliphatic heterocycles. The molecule has 21 heavy (non-hydrogen) atoms. The highest BCUT2D eigenvalue weighted by molar-refractivity contribution is 7.89. The molecule has 8 nitrogen and oxygen atoms in total. The molecule has 0 bridgehead atoms. The smallest absolute Gasteiger partial charge is 0.269 e. The van der Waals surface area contributed by atoms with Crippen molar-refractivity contribution in [3.63, 3.8) is 0 Å². The number of benzene rings is 1. The first-order valence-electron chi connectivity index (χ1n) is 6.45. The molecule has 0 atom stereocenters. The van der Waals surface area contributed by atoms with Crippen LogP contribution in [0.15, 0.2) is 29.2 Å². The maximum atomic E-state index is 12.4. The number of nitrogens with zero attached hydrogens (tertiary/aromatic N) is 1. The Labute approximate surface area is 122 Å². The molecule has 0 radical (unpaired) electrons. The Morgan fingerprint density at radius 1 is 1.29 bits per heavy atom. The Kier molecular flexibility index (Phi) is 4.57. The van der Waals surface area contributed by atoms with Crippen molar-refractivity contribution >= 4 is 15.7 Å². The number of nitro groups is 1. The molecule has 0 aliphatic carbocycles. The molecule has 3 N–H and O–H groups in total. The van der Waals surface area contributed by atoms with Crippen LogP contribution in [0.3, 0.4) is 0 Å². The fourth-order valence-electron chi connectivity index (χ4n) is 2.20. The summed E-state index contributed by atoms with van der Waals surface area (Å²) >= 11 is 0. The van der Waals surface area contributed by atoms with E-state index in [0.717, 1.165) is 12.1 Å². The van der Waals surface area contributed by atoms with Crippen LogP contribution >= 0.6 is 0 Å². The van der Waals surface area contributed by atoms with E-state index in [0.29, 0.717) is 26.1 Å². The summed E-state index contributed by atoms with van der Waals surface area (Å²) in [7, 11) is -3.78. The average Bonchev–Trinajstić information content (AvgIpc) is 2.48. The Hall–Kier alpha value is -1.55. The van der Waals surface area contributed by atoms with Gasteiger partial charge >= 0.3 is 0 Å². The molecule has 1 aromatic rings. The van der Waals surface area contributed by atoms with Gasteiger partial charge in [0.2, 0.25) is 10.0 Å². The van der Waals surface area contributed by atoms with Gasteiger partial charge < -0.3 is 10.5 Å². The molecule has 0 unspecified atom stereocenters. The fourth-order valence-corrected chi connectivity index (χ4v) is 3.67. The van der Waals surface area contributed by atoms with E-state index in [1.807, 2.05) is 0 Å². The maximum absolute atomic E-state index is 12.4. The normalized spacial score (nSPS) is 18.3. The van der Waals surface area contributed by atoms with Gasteiger partial charge in [-0.15, -0.1) is 0 Å². The minimum atomic E-state index is -3.78. The number of nitrogens with one attached hydrogen (secondary N) is 1. The number of sulfonamides is 1. The zero-order valence-corrected chi connectivity index (χ0v) is 12.1. The van der Waals surface area contributed by atoms with E-state index >= 15 is 0 Å². The molecule has 0 amide bonds. The van der Waals surface area contributed by atoms with Gasteiger partial charge in [-0.05, 0) is 25.0 Å². The molecule has 9 heteroatoms. The first kappa shape index (κ1) is 15.8. The van der Waals surface area contributed by atoms with Crippen LogP contribution < -0.4 is 10.5 Å². The van der Waals surface area contributed by atoms with Crippen molar-refractivity contribution in [2.45, 2.75) is 23.3 Å². The van der Waals surface area contributed by atoms with Gasteiger partial charge in [0.1, 0.15) is 0 Å². The third kappa shape index (κ3) is 3.56. The van der Waals surface area contributed by atoms with Crippen molar-refractivity contribution < 1.29 is 18.1 Å². The molecule has 1 saturated heterocycles. The van der Waals surface area contributed by atoms with E-state index in [1.54, 1.807) is 0 Å². The number of nitrogens with two attached hydrogens (primary N) is 1. The fraction of sp³-hybridized carbons (Fsp3) is 0.500. The summed E-state index contributed by atoms with van der Waals surface area (Å²) < 4.78 is 32.6. The summed E-state index contributed by atoms with van der Waals surface area (Å²) in [5, 5.41) is 10.6. The maximum Gasteiger partial charge on any atom is 0.269 e. The lowest BCUT2D eigenvalue weighted by Crippen LogP contribution is -2.56. The van der Waals surface area contributed by atoms with Crippen LogP contribution in [0.5, 0.6) is 0 Å². The summed E-state index contributed by atoms with van der Waals surface area (Å²) in [5.74, 6) is 0. The summed E-state index contributed by atoms with van der Waals surface area (Å²) in [5.41, 5.74) is 4.83.